The third-order valence-electron chi connectivity index (χ3n) is 11.4. The molecule has 0 rings (SSSR count). The predicted octanol–water partition coefficient (Wildman–Crippen LogP) is 17.8. The molecule has 0 bridgehead atoms. The lowest BCUT2D eigenvalue weighted by Crippen LogP contribution is -2.30. The number of unbranched alkanes of at least 4 members (excludes halogenated alkanes) is 25. The van der Waals surface area contributed by atoms with Crippen LogP contribution in [0.5, 0.6) is 0 Å². The van der Waals surface area contributed by atoms with E-state index in [2.05, 4.69) is 93.7 Å². The van der Waals surface area contributed by atoms with Crippen LogP contribution in [0, 0.1) is 0 Å². The number of allylic oxidation sites excluding steroid dienone is 12. The van der Waals surface area contributed by atoms with Crippen molar-refractivity contribution in [3.63, 3.8) is 0 Å². The Labute approximate surface area is 395 Å². The van der Waals surface area contributed by atoms with E-state index in [9.17, 15) is 14.4 Å². The fourth-order valence-electron chi connectivity index (χ4n) is 7.34. The van der Waals surface area contributed by atoms with Gasteiger partial charge in [0.05, 0.1) is 0 Å². The number of carbonyl (C=O) groups excluding carboxylic acids is 3. The van der Waals surface area contributed by atoms with Crippen molar-refractivity contribution in [2.45, 2.75) is 264 Å². The summed E-state index contributed by atoms with van der Waals surface area (Å²) in [6, 6.07) is 0. The summed E-state index contributed by atoms with van der Waals surface area (Å²) >= 11 is 0. The van der Waals surface area contributed by atoms with Crippen LogP contribution in [0.2, 0.25) is 0 Å². The van der Waals surface area contributed by atoms with Crippen LogP contribution in [0.1, 0.15) is 258 Å². The van der Waals surface area contributed by atoms with Gasteiger partial charge in [-0.05, 0) is 96.3 Å². The van der Waals surface area contributed by atoms with Gasteiger partial charge in [0.2, 0.25) is 0 Å². The molecule has 0 heterocycles. The Bertz CT molecular complexity index is 1210. The predicted molar refractivity (Wildman–Crippen MR) is 274 cm³/mol. The van der Waals surface area contributed by atoms with E-state index in [1.165, 1.54) is 128 Å². The Morgan fingerprint density at radius 1 is 0.312 bits per heavy atom. The molecule has 368 valence electrons. The third-order valence-corrected chi connectivity index (χ3v) is 11.4. The fourth-order valence-corrected chi connectivity index (χ4v) is 7.34. The second-order valence-corrected chi connectivity index (χ2v) is 17.8. The normalized spacial score (nSPS) is 12.6. The number of ether oxygens (including phenoxy) is 3. The molecule has 0 aliphatic rings. The Kier molecular flexibility index (Phi) is 49.9. The van der Waals surface area contributed by atoms with Crippen molar-refractivity contribution in [3.05, 3.63) is 72.9 Å². The van der Waals surface area contributed by atoms with Crippen LogP contribution in [-0.4, -0.2) is 37.2 Å². The maximum atomic E-state index is 12.8. The largest absolute Gasteiger partial charge is 0.462 e. The van der Waals surface area contributed by atoms with E-state index in [1.807, 2.05) is 0 Å². The van der Waals surface area contributed by atoms with Gasteiger partial charge in [0.25, 0.3) is 0 Å². The van der Waals surface area contributed by atoms with Crippen LogP contribution in [0.4, 0.5) is 0 Å². The van der Waals surface area contributed by atoms with Gasteiger partial charge in [-0.3, -0.25) is 14.4 Å². The maximum absolute atomic E-state index is 12.8. The second-order valence-electron chi connectivity index (χ2n) is 17.8. The molecule has 0 unspecified atom stereocenters. The minimum atomic E-state index is -0.799. The Morgan fingerprint density at radius 3 is 0.938 bits per heavy atom. The molecule has 0 fully saturated rings. The summed E-state index contributed by atoms with van der Waals surface area (Å²) in [6.07, 6.45) is 66.0. The molecular weight excluding hydrogens is 793 g/mol. The standard InChI is InChI=1S/C58H100O6/c1-4-7-10-13-16-19-22-25-27-28-29-30-32-33-36-39-42-45-48-51-57(60)63-54-55(53-62-56(59)50-47-44-41-38-35-24-21-18-15-12-9-6-3)64-58(61)52-49-46-43-40-37-34-31-26-23-20-17-14-11-8-5-2/h16-17,19-20,25-27,29-31,37,40,55H,4-15,18,21-24,28,32-36,38-39,41-54H2,1-3H3/b19-16-,20-17-,27-25-,30-29-,31-26-,40-37-/t55-/m1/s1. The van der Waals surface area contributed by atoms with Gasteiger partial charge < -0.3 is 14.2 Å². The Balaban J connectivity index is 4.44. The molecule has 6 heteroatoms. The van der Waals surface area contributed by atoms with E-state index in [0.29, 0.717) is 19.3 Å². The van der Waals surface area contributed by atoms with Gasteiger partial charge >= 0.3 is 17.9 Å². The second kappa shape index (κ2) is 52.5. The minimum Gasteiger partial charge on any atom is -0.462 e. The highest BCUT2D eigenvalue weighted by atomic mass is 16.6. The van der Waals surface area contributed by atoms with E-state index < -0.39 is 6.10 Å². The molecule has 1 atom stereocenters. The summed E-state index contributed by atoms with van der Waals surface area (Å²) in [4.78, 5) is 38.0. The van der Waals surface area contributed by atoms with E-state index in [-0.39, 0.29) is 37.5 Å². The average Bonchev–Trinajstić information content (AvgIpc) is 3.29. The number of rotatable bonds is 48. The Hall–Kier alpha value is -3.15. The first-order valence-electron chi connectivity index (χ1n) is 26.9. The molecule has 0 N–H and O–H groups in total. The topological polar surface area (TPSA) is 78.9 Å². The monoisotopic (exact) mass is 893 g/mol. The molecule has 0 spiro atoms. The van der Waals surface area contributed by atoms with Gasteiger partial charge in [-0.1, -0.05) is 216 Å². The minimum absolute atomic E-state index is 0.0935. The van der Waals surface area contributed by atoms with Gasteiger partial charge in [-0.15, -0.1) is 0 Å². The van der Waals surface area contributed by atoms with E-state index in [4.69, 9.17) is 14.2 Å². The smallest absolute Gasteiger partial charge is 0.306 e. The van der Waals surface area contributed by atoms with Crippen molar-refractivity contribution in [2.75, 3.05) is 13.2 Å². The summed E-state index contributed by atoms with van der Waals surface area (Å²) in [5.74, 6) is -0.942. The average molecular weight is 893 g/mol. The highest BCUT2D eigenvalue weighted by Crippen LogP contribution is 2.14. The van der Waals surface area contributed by atoms with E-state index in [1.54, 1.807) is 0 Å². The van der Waals surface area contributed by atoms with Crippen LogP contribution in [0.25, 0.3) is 0 Å². The molecular formula is C58H100O6. The van der Waals surface area contributed by atoms with Gasteiger partial charge in [0.15, 0.2) is 6.10 Å². The molecule has 64 heavy (non-hydrogen) atoms. The van der Waals surface area contributed by atoms with E-state index >= 15 is 0 Å². The molecule has 0 amide bonds. The maximum Gasteiger partial charge on any atom is 0.306 e. The number of hydrogen-bond donors (Lipinski definition) is 0. The summed E-state index contributed by atoms with van der Waals surface area (Å²) in [6.45, 7) is 6.54. The highest BCUT2D eigenvalue weighted by Gasteiger charge is 2.19. The van der Waals surface area contributed by atoms with Crippen LogP contribution >= 0.6 is 0 Å². The molecule has 0 saturated carbocycles. The summed E-state index contributed by atoms with van der Waals surface area (Å²) in [5.41, 5.74) is 0. The molecule has 0 aromatic carbocycles. The SMILES string of the molecule is CCCCC/C=C\C/C=C\C/C=C\CCCCCCCCC(=O)OC[C@@H](COC(=O)CCCCCCCCCCCCCC)OC(=O)CCCC/C=C\C/C=C\C/C=C\CCCCC. The molecule has 0 aromatic heterocycles. The third kappa shape index (κ3) is 49.9. The molecule has 0 radical (unpaired) electrons. The molecule has 6 nitrogen and oxygen atoms in total. The van der Waals surface area contributed by atoms with Crippen LogP contribution in [0.3, 0.4) is 0 Å². The fraction of sp³-hybridized carbons (Fsp3) is 0.741. The van der Waals surface area contributed by atoms with Crippen molar-refractivity contribution in [3.8, 4) is 0 Å². The highest BCUT2D eigenvalue weighted by molar-refractivity contribution is 5.71. The first-order chi connectivity index (χ1) is 31.5. The lowest BCUT2D eigenvalue weighted by molar-refractivity contribution is -0.167. The van der Waals surface area contributed by atoms with Crippen LogP contribution in [0.15, 0.2) is 72.9 Å². The van der Waals surface area contributed by atoms with Crippen molar-refractivity contribution in [2.24, 2.45) is 0 Å². The van der Waals surface area contributed by atoms with Crippen molar-refractivity contribution in [1.82, 2.24) is 0 Å². The molecule has 0 aromatic rings. The zero-order valence-electron chi connectivity index (χ0n) is 42.0. The van der Waals surface area contributed by atoms with Gasteiger partial charge in [0.1, 0.15) is 13.2 Å². The van der Waals surface area contributed by atoms with E-state index in [0.717, 1.165) is 83.5 Å². The molecule has 0 saturated heterocycles. The van der Waals surface area contributed by atoms with Crippen LogP contribution in [-0.2, 0) is 28.6 Å². The first kappa shape index (κ1) is 60.9. The Morgan fingerprint density at radius 2 is 0.562 bits per heavy atom. The van der Waals surface area contributed by atoms with Crippen molar-refractivity contribution >= 4 is 17.9 Å². The zero-order valence-corrected chi connectivity index (χ0v) is 42.0. The number of carbonyl (C=O) groups is 3. The number of esters is 3. The summed E-state index contributed by atoms with van der Waals surface area (Å²) in [7, 11) is 0. The quantitative estimate of drug-likeness (QED) is 0.0262. The van der Waals surface area contributed by atoms with Crippen molar-refractivity contribution < 1.29 is 28.6 Å². The lowest BCUT2D eigenvalue weighted by atomic mass is 10.0. The van der Waals surface area contributed by atoms with Crippen molar-refractivity contribution in [1.29, 1.82) is 0 Å². The molecule has 0 aliphatic carbocycles. The lowest BCUT2D eigenvalue weighted by Gasteiger charge is -2.18. The zero-order chi connectivity index (χ0) is 46.5. The van der Waals surface area contributed by atoms with Gasteiger partial charge in [-0.25, -0.2) is 0 Å². The molecule has 0 aliphatic heterocycles. The van der Waals surface area contributed by atoms with Crippen LogP contribution < -0.4 is 0 Å². The summed E-state index contributed by atoms with van der Waals surface area (Å²) < 4.78 is 16.8. The summed E-state index contributed by atoms with van der Waals surface area (Å²) in [5, 5.41) is 0. The van der Waals surface area contributed by atoms with Gasteiger partial charge in [0, 0.05) is 19.3 Å². The number of hydrogen-bond acceptors (Lipinski definition) is 6. The first-order valence-corrected chi connectivity index (χ1v) is 26.9. The van der Waals surface area contributed by atoms with Gasteiger partial charge in [-0.2, -0.15) is 0 Å².